The normalized spacial score (nSPS) is 11.3. The second kappa shape index (κ2) is 10.2. The summed E-state index contributed by atoms with van der Waals surface area (Å²) in [6.07, 6.45) is 0.510. The number of halogens is 2. The molecule has 3 aromatic carbocycles. The van der Waals surface area contributed by atoms with Gasteiger partial charge in [0.1, 0.15) is 5.75 Å². The number of benzene rings is 3. The molecule has 168 valence electrons. The van der Waals surface area contributed by atoms with Crippen LogP contribution in [0.4, 0.5) is 14.5 Å². The van der Waals surface area contributed by atoms with E-state index in [2.05, 4.69) is 9.46 Å². The van der Waals surface area contributed by atoms with Crippen LogP contribution in [0, 0.1) is 0 Å². The largest absolute Gasteiger partial charge is 0.481 e. The maximum atomic E-state index is 12.8. The number of carbonyl (C=O) groups is 1. The van der Waals surface area contributed by atoms with Crippen LogP contribution in [-0.4, -0.2) is 26.1 Å². The van der Waals surface area contributed by atoms with E-state index in [-0.39, 0.29) is 35.6 Å². The number of hydrogen-bond acceptors (Lipinski definition) is 4. The van der Waals surface area contributed by atoms with Crippen molar-refractivity contribution in [3.8, 4) is 5.75 Å². The maximum Gasteiger partial charge on any atom is 0.387 e. The highest BCUT2D eigenvalue weighted by atomic mass is 32.2. The zero-order valence-corrected chi connectivity index (χ0v) is 17.7. The van der Waals surface area contributed by atoms with Crippen LogP contribution < -0.4 is 9.46 Å². The summed E-state index contributed by atoms with van der Waals surface area (Å²) in [6, 6.07) is 19.1. The maximum absolute atomic E-state index is 12.8. The van der Waals surface area contributed by atoms with Gasteiger partial charge < -0.3 is 9.84 Å². The van der Waals surface area contributed by atoms with Crippen molar-refractivity contribution in [2.24, 2.45) is 0 Å². The van der Waals surface area contributed by atoms with Crippen LogP contribution in [0.1, 0.15) is 23.1 Å². The van der Waals surface area contributed by atoms with Crippen molar-refractivity contribution in [2.45, 2.75) is 30.8 Å². The molecule has 0 aliphatic carbocycles. The molecule has 3 rings (SSSR count). The number of carboxylic acids is 1. The van der Waals surface area contributed by atoms with Gasteiger partial charge in [-0.15, -0.1) is 0 Å². The van der Waals surface area contributed by atoms with E-state index in [0.29, 0.717) is 11.1 Å². The number of nitrogens with one attached hydrogen (secondary N) is 1. The van der Waals surface area contributed by atoms with Crippen LogP contribution in [0.25, 0.3) is 0 Å². The third kappa shape index (κ3) is 6.52. The fourth-order valence-corrected chi connectivity index (χ4v) is 4.16. The molecule has 0 aliphatic rings. The van der Waals surface area contributed by atoms with Gasteiger partial charge in [-0.3, -0.25) is 9.52 Å². The molecule has 0 atom stereocenters. The van der Waals surface area contributed by atoms with Crippen molar-refractivity contribution >= 4 is 21.7 Å². The molecule has 0 bridgehead atoms. The van der Waals surface area contributed by atoms with Gasteiger partial charge in [-0.25, -0.2) is 8.42 Å². The Morgan fingerprint density at radius 3 is 2.28 bits per heavy atom. The first kappa shape index (κ1) is 23.2. The van der Waals surface area contributed by atoms with Gasteiger partial charge in [0.25, 0.3) is 10.0 Å². The fraction of sp³-hybridized carbons (Fsp3) is 0.174. The zero-order chi connectivity index (χ0) is 23.1. The first-order valence-corrected chi connectivity index (χ1v) is 11.2. The molecule has 2 N–H and O–H groups in total. The van der Waals surface area contributed by atoms with E-state index in [4.69, 9.17) is 5.11 Å². The monoisotopic (exact) mass is 461 g/mol. The molecule has 0 saturated heterocycles. The van der Waals surface area contributed by atoms with E-state index in [1.54, 1.807) is 12.1 Å². The van der Waals surface area contributed by atoms with Crippen LogP contribution in [0.3, 0.4) is 0 Å². The number of sulfonamides is 1. The Hall–Kier alpha value is -3.46. The minimum atomic E-state index is -3.94. The highest BCUT2D eigenvalue weighted by molar-refractivity contribution is 7.92. The van der Waals surface area contributed by atoms with Crippen LogP contribution in [0.2, 0.25) is 0 Å². The summed E-state index contributed by atoms with van der Waals surface area (Å²) in [6.45, 7) is -3.01. The number of aryl methyl sites for hydroxylation is 1. The summed E-state index contributed by atoms with van der Waals surface area (Å²) >= 11 is 0. The topological polar surface area (TPSA) is 92.7 Å². The molecule has 0 unspecified atom stereocenters. The molecule has 0 fully saturated rings. The first-order chi connectivity index (χ1) is 15.2. The minimum absolute atomic E-state index is 0.00547. The molecule has 0 amide bonds. The summed E-state index contributed by atoms with van der Waals surface area (Å²) in [5, 5.41) is 8.75. The standard InChI is InChI=1S/C23H21F2NO5S/c24-23(25)31-21-12-9-19(15-18(21)14-17-4-2-1-3-5-17)26-32(29,30)20-10-6-16(7-11-20)8-13-22(27)28/h1-7,9-12,15,23,26H,8,13-14H2,(H,27,28). The summed E-state index contributed by atoms with van der Waals surface area (Å²) in [4.78, 5) is 10.7. The average molecular weight is 461 g/mol. The SMILES string of the molecule is O=C(O)CCc1ccc(S(=O)(=O)Nc2ccc(OC(F)F)c(Cc3ccccc3)c2)cc1. The predicted octanol–water partition coefficient (Wildman–Crippen LogP) is 4.70. The van der Waals surface area contributed by atoms with Gasteiger partial charge in [-0.05, 0) is 47.9 Å². The van der Waals surface area contributed by atoms with E-state index >= 15 is 0 Å². The highest BCUT2D eigenvalue weighted by Gasteiger charge is 2.17. The molecule has 0 aromatic heterocycles. The zero-order valence-electron chi connectivity index (χ0n) is 16.9. The van der Waals surface area contributed by atoms with Gasteiger partial charge in [0.15, 0.2) is 0 Å². The lowest BCUT2D eigenvalue weighted by Crippen LogP contribution is -2.13. The van der Waals surface area contributed by atoms with Gasteiger partial charge in [-0.1, -0.05) is 42.5 Å². The quantitative estimate of drug-likeness (QED) is 0.457. The number of anilines is 1. The molecular formula is C23H21F2NO5S. The van der Waals surface area contributed by atoms with Gasteiger partial charge in [0.2, 0.25) is 0 Å². The molecule has 0 aliphatic heterocycles. The first-order valence-electron chi connectivity index (χ1n) is 9.68. The molecule has 0 spiro atoms. The van der Waals surface area contributed by atoms with Gasteiger partial charge >= 0.3 is 12.6 Å². The molecular weight excluding hydrogens is 440 g/mol. The number of rotatable bonds is 10. The Morgan fingerprint density at radius 1 is 0.969 bits per heavy atom. The van der Waals surface area contributed by atoms with Crippen LogP contribution in [0.5, 0.6) is 5.75 Å². The van der Waals surface area contributed by atoms with Crippen LogP contribution in [0.15, 0.2) is 77.7 Å². The number of alkyl halides is 2. The second-order valence-corrected chi connectivity index (χ2v) is 8.69. The Morgan fingerprint density at radius 2 is 1.66 bits per heavy atom. The average Bonchev–Trinajstić information content (AvgIpc) is 2.74. The Kier molecular flexibility index (Phi) is 7.42. The second-order valence-electron chi connectivity index (χ2n) is 7.01. The lowest BCUT2D eigenvalue weighted by atomic mass is 10.0. The smallest absolute Gasteiger partial charge is 0.387 e. The minimum Gasteiger partial charge on any atom is -0.481 e. The molecule has 6 nitrogen and oxygen atoms in total. The van der Waals surface area contributed by atoms with E-state index in [9.17, 15) is 22.0 Å². The molecule has 9 heteroatoms. The van der Waals surface area contributed by atoms with Crippen molar-refractivity contribution in [1.82, 2.24) is 0 Å². The summed E-state index contributed by atoms with van der Waals surface area (Å²) in [5.74, 6) is -0.969. The Bertz CT molecular complexity index is 1170. The van der Waals surface area contributed by atoms with Crippen molar-refractivity contribution in [3.63, 3.8) is 0 Å². The molecule has 3 aromatic rings. The van der Waals surface area contributed by atoms with Crippen molar-refractivity contribution < 1.29 is 31.8 Å². The Balaban J connectivity index is 1.82. The van der Waals surface area contributed by atoms with Crippen molar-refractivity contribution in [3.05, 3.63) is 89.5 Å². The summed E-state index contributed by atoms with van der Waals surface area (Å²) in [7, 11) is -3.94. The van der Waals surface area contributed by atoms with Gasteiger partial charge in [0.05, 0.1) is 4.90 Å². The fourth-order valence-electron chi connectivity index (χ4n) is 3.11. The van der Waals surface area contributed by atoms with Crippen LogP contribution in [-0.2, 0) is 27.7 Å². The third-order valence-electron chi connectivity index (χ3n) is 4.63. The van der Waals surface area contributed by atoms with Gasteiger partial charge in [-0.2, -0.15) is 8.78 Å². The molecule has 0 radical (unpaired) electrons. The van der Waals surface area contributed by atoms with E-state index in [1.165, 1.54) is 30.3 Å². The molecule has 0 heterocycles. The van der Waals surface area contributed by atoms with Crippen molar-refractivity contribution in [2.75, 3.05) is 4.72 Å². The summed E-state index contributed by atoms with van der Waals surface area (Å²) < 4.78 is 58.1. The lowest BCUT2D eigenvalue weighted by molar-refractivity contribution is -0.136. The van der Waals surface area contributed by atoms with Crippen LogP contribution >= 0.6 is 0 Å². The van der Waals surface area contributed by atoms with E-state index in [0.717, 1.165) is 5.56 Å². The van der Waals surface area contributed by atoms with Crippen molar-refractivity contribution in [1.29, 1.82) is 0 Å². The highest BCUT2D eigenvalue weighted by Crippen LogP contribution is 2.28. The predicted molar refractivity (Wildman–Crippen MR) is 116 cm³/mol. The molecule has 0 saturated carbocycles. The summed E-state index contributed by atoms with van der Waals surface area (Å²) in [5.41, 5.74) is 2.15. The number of aliphatic carboxylic acids is 1. The van der Waals surface area contributed by atoms with E-state index in [1.807, 2.05) is 30.3 Å². The third-order valence-corrected chi connectivity index (χ3v) is 6.02. The lowest BCUT2D eigenvalue weighted by Gasteiger charge is -2.14. The molecule has 32 heavy (non-hydrogen) atoms. The number of ether oxygens (including phenoxy) is 1. The van der Waals surface area contributed by atoms with E-state index < -0.39 is 22.6 Å². The number of carboxylic acid groups (broad SMARTS) is 1. The number of hydrogen-bond donors (Lipinski definition) is 2. The van der Waals surface area contributed by atoms with Gasteiger partial charge in [0, 0.05) is 24.1 Å². The Labute approximate surface area is 184 Å².